The Morgan fingerprint density at radius 3 is 2.29 bits per heavy atom. The van der Waals surface area contributed by atoms with E-state index in [4.69, 9.17) is 34.8 Å². The molecule has 1 heterocycles. The van der Waals surface area contributed by atoms with Crippen LogP contribution in [0.15, 0.2) is 24.3 Å². The quantitative estimate of drug-likeness (QED) is 0.646. The van der Waals surface area contributed by atoms with Gasteiger partial charge in [0.1, 0.15) is 0 Å². The van der Waals surface area contributed by atoms with E-state index in [0.717, 1.165) is 22.5 Å². The lowest BCUT2D eigenvalue weighted by atomic mass is 10.1. The topological polar surface area (TPSA) is 12.9 Å². The van der Waals surface area contributed by atoms with Crippen LogP contribution in [-0.2, 0) is 0 Å². The second-order valence-electron chi connectivity index (χ2n) is 3.84. The lowest BCUT2D eigenvalue weighted by Crippen LogP contribution is -1.92. The van der Waals surface area contributed by atoms with Crippen molar-refractivity contribution in [3.05, 3.63) is 50.6 Å². The zero-order valence-corrected chi connectivity index (χ0v) is 11.7. The molecule has 4 heteroatoms. The van der Waals surface area contributed by atoms with Crippen LogP contribution in [0.25, 0.3) is 11.3 Å². The summed E-state index contributed by atoms with van der Waals surface area (Å²) >= 11 is 18.1. The Kier molecular flexibility index (Phi) is 3.62. The molecule has 88 valence electrons. The number of aromatic nitrogens is 1. The van der Waals surface area contributed by atoms with Gasteiger partial charge in [-0.05, 0) is 37.6 Å². The van der Waals surface area contributed by atoms with Gasteiger partial charge in [-0.15, -0.1) is 0 Å². The predicted octanol–water partition coefficient (Wildman–Crippen LogP) is 5.33. The van der Waals surface area contributed by atoms with Crippen LogP contribution < -0.4 is 0 Å². The molecule has 0 saturated carbocycles. The van der Waals surface area contributed by atoms with Crippen molar-refractivity contribution in [3.63, 3.8) is 0 Å². The van der Waals surface area contributed by atoms with Gasteiger partial charge in [0.15, 0.2) is 0 Å². The van der Waals surface area contributed by atoms with Gasteiger partial charge >= 0.3 is 0 Å². The van der Waals surface area contributed by atoms with E-state index < -0.39 is 0 Å². The molecular weight excluding hydrogens is 277 g/mol. The van der Waals surface area contributed by atoms with Gasteiger partial charge in [-0.1, -0.05) is 40.9 Å². The van der Waals surface area contributed by atoms with E-state index in [1.54, 1.807) is 6.07 Å². The summed E-state index contributed by atoms with van der Waals surface area (Å²) in [6, 6.07) is 7.54. The first-order valence-corrected chi connectivity index (χ1v) is 6.22. The van der Waals surface area contributed by atoms with E-state index >= 15 is 0 Å². The molecule has 0 aliphatic heterocycles. The maximum Gasteiger partial charge on any atom is 0.0785 e. The molecule has 0 bridgehead atoms. The van der Waals surface area contributed by atoms with Crippen LogP contribution in [-0.4, -0.2) is 4.98 Å². The highest BCUT2D eigenvalue weighted by Gasteiger charge is 2.13. The van der Waals surface area contributed by atoms with Gasteiger partial charge in [0.25, 0.3) is 0 Å². The Balaban J connectivity index is 2.69. The zero-order chi connectivity index (χ0) is 12.6. The van der Waals surface area contributed by atoms with E-state index in [1.165, 1.54) is 0 Å². The summed E-state index contributed by atoms with van der Waals surface area (Å²) in [5.41, 5.74) is 3.64. The van der Waals surface area contributed by atoms with Crippen LogP contribution in [0.2, 0.25) is 15.1 Å². The monoisotopic (exact) mass is 285 g/mol. The Morgan fingerprint density at radius 1 is 0.882 bits per heavy atom. The molecule has 0 amide bonds. The molecule has 1 nitrogen and oxygen atoms in total. The molecule has 0 saturated heterocycles. The minimum atomic E-state index is 0.369. The molecule has 0 unspecified atom stereocenters. The van der Waals surface area contributed by atoms with Gasteiger partial charge in [0.2, 0.25) is 0 Å². The second-order valence-corrected chi connectivity index (χ2v) is 5.00. The standard InChI is InChI=1S/C13H10Cl3N/c1-7-3-4-8(2)17-13(7)9-5-6-10(14)12(16)11(9)15/h3-6H,1-2H3. The summed E-state index contributed by atoms with van der Waals surface area (Å²) in [5, 5.41) is 1.26. The van der Waals surface area contributed by atoms with Crippen molar-refractivity contribution < 1.29 is 0 Å². The molecule has 0 spiro atoms. The molecular formula is C13H10Cl3N. The number of halogens is 3. The van der Waals surface area contributed by atoms with Gasteiger partial charge in [0.05, 0.1) is 20.8 Å². The first-order chi connectivity index (χ1) is 8.00. The van der Waals surface area contributed by atoms with E-state index in [0.29, 0.717) is 15.1 Å². The fourth-order valence-corrected chi connectivity index (χ4v) is 2.23. The highest BCUT2D eigenvalue weighted by atomic mass is 35.5. The number of rotatable bonds is 1. The highest BCUT2D eigenvalue weighted by Crippen LogP contribution is 2.38. The minimum absolute atomic E-state index is 0.369. The summed E-state index contributed by atoms with van der Waals surface area (Å²) in [6.07, 6.45) is 0. The SMILES string of the molecule is Cc1ccc(C)c(-c2ccc(Cl)c(Cl)c2Cl)n1. The third kappa shape index (κ3) is 2.42. The molecule has 0 atom stereocenters. The van der Waals surface area contributed by atoms with E-state index in [1.807, 2.05) is 32.0 Å². The second kappa shape index (κ2) is 4.85. The normalized spacial score (nSPS) is 10.6. The lowest BCUT2D eigenvalue weighted by Gasteiger charge is -2.10. The van der Waals surface area contributed by atoms with Crippen LogP contribution >= 0.6 is 34.8 Å². The van der Waals surface area contributed by atoms with Gasteiger partial charge in [-0.3, -0.25) is 4.98 Å². The van der Waals surface area contributed by atoms with Crippen LogP contribution in [0.1, 0.15) is 11.3 Å². The Labute approximate surface area is 115 Å². The van der Waals surface area contributed by atoms with Crippen molar-refractivity contribution >= 4 is 34.8 Å². The van der Waals surface area contributed by atoms with E-state index in [9.17, 15) is 0 Å². The molecule has 1 aromatic carbocycles. The summed E-state index contributed by atoms with van der Waals surface area (Å²) in [6.45, 7) is 3.93. The summed E-state index contributed by atoms with van der Waals surface area (Å²) in [5.74, 6) is 0. The minimum Gasteiger partial charge on any atom is -0.253 e. The molecule has 17 heavy (non-hydrogen) atoms. The fourth-order valence-electron chi connectivity index (χ4n) is 1.61. The van der Waals surface area contributed by atoms with Crippen molar-refractivity contribution in [3.8, 4) is 11.3 Å². The average molecular weight is 287 g/mol. The first-order valence-electron chi connectivity index (χ1n) is 5.09. The smallest absolute Gasteiger partial charge is 0.0785 e. The molecule has 0 N–H and O–H groups in total. The Bertz CT molecular complexity index is 579. The summed E-state index contributed by atoms with van der Waals surface area (Å²) < 4.78 is 0. The first kappa shape index (κ1) is 12.7. The summed E-state index contributed by atoms with van der Waals surface area (Å²) in [4.78, 5) is 4.49. The van der Waals surface area contributed by atoms with Crippen LogP contribution in [0, 0.1) is 13.8 Å². The zero-order valence-electron chi connectivity index (χ0n) is 9.39. The molecule has 0 fully saturated rings. The van der Waals surface area contributed by atoms with Crippen molar-refractivity contribution in [1.82, 2.24) is 4.98 Å². The van der Waals surface area contributed by atoms with Gasteiger partial charge in [-0.25, -0.2) is 0 Å². The Hall–Kier alpha value is -0.760. The number of hydrogen-bond acceptors (Lipinski definition) is 1. The number of pyridine rings is 1. The molecule has 0 aliphatic rings. The number of benzene rings is 1. The predicted molar refractivity (Wildman–Crippen MR) is 74.2 cm³/mol. The molecule has 1 aromatic heterocycles. The average Bonchev–Trinajstić information content (AvgIpc) is 2.30. The molecule has 0 radical (unpaired) electrons. The molecule has 0 aliphatic carbocycles. The maximum atomic E-state index is 6.20. The van der Waals surface area contributed by atoms with Crippen molar-refractivity contribution in [2.45, 2.75) is 13.8 Å². The highest BCUT2D eigenvalue weighted by molar-refractivity contribution is 6.49. The number of nitrogens with zero attached hydrogens (tertiary/aromatic N) is 1. The summed E-state index contributed by atoms with van der Waals surface area (Å²) in [7, 11) is 0. The number of aryl methyl sites for hydroxylation is 2. The lowest BCUT2D eigenvalue weighted by molar-refractivity contribution is 1.18. The van der Waals surface area contributed by atoms with Gasteiger partial charge in [-0.2, -0.15) is 0 Å². The van der Waals surface area contributed by atoms with Crippen LogP contribution in [0.3, 0.4) is 0 Å². The van der Waals surface area contributed by atoms with Crippen LogP contribution in [0.5, 0.6) is 0 Å². The number of hydrogen-bond donors (Lipinski definition) is 0. The third-order valence-corrected chi connectivity index (χ3v) is 3.82. The van der Waals surface area contributed by atoms with Crippen molar-refractivity contribution in [2.24, 2.45) is 0 Å². The van der Waals surface area contributed by atoms with Gasteiger partial charge in [0, 0.05) is 11.3 Å². The van der Waals surface area contributed by atoms with E-state index in [-0.39, 0.29) is 0 Å². The molecule has 2 rings (SSSR count). The van der Waals surface area contributed by atoms with Crippen molar-refractivity contribution in [2.75, 3.05) is 0 Å². The Morgan fingerprint density at radius 2 is 1.59 bits per heavy atom. The maximum absolute atomic E-state index is 6.20. The van der Waals surface area contributed by atoms with Crippen molar-refractivity contribution in [1.29, 1.82) is 0 Å². The van der Waals surface area contributed by atoms with Gasteiger partial charge < -0.3 is 0 Å². The largest absolute Gasteiger partial charge is 0.253 e. The third-order valence-electron chi connectivity index (χ3n) is 2.53. The fraction of sp³-hybridized carbons (Fsp3) is 0.154. The van der Waals surface area contributed by atoms with Crippen LogP contribution in [0.4, 0.5) is 0 Å². The van der Waals surface area contributed by atoms with E-state index in [2.05, 4.69) is 4.98 Å². The molecule has 2 aromatic rings.